The number of carbonyl (C=O) groups is 2. The monoisotopic (exact) mass is 263 g/mol. The minimum Gasteiger partial charge on any atom is -0.477 e. The first-order chi connectivity index (χ1) is 9.19. The Morgan fingerprint density at radius 3 is 2.47 bits per heavy atom. The summed E-state index contributed by atoms with van der Waals surface area (Å²) in [6.45, 7) is 0.545. The summed E-state index contributed by atoms with van der Waals surface area (Å²) in [5.74, 6) is -1.08. The van der Waals surface area contributed by atoms with Crippen LogP contribution in [0.2, 0.25) is 0 Å². The summed E-state index contributed by atoms with van der Waals surface area (Å²) in [6.07, 6.45) is 3.42. The molecule has 0 heterocycles. The number of rotatable bonds is 8. The van der Waals surface area contributed by atoms with Crippen LogP contribution in [0.15, 0.2) is 30.0 Å². The summed E-state index contributed by atoms with van der Waals surface area (Å²) in [4.78, 5) is 22.0. The van der Waals surface area contributed by atoms with Gasteiger partial charge in [-0.25, -0.2) is 4.79 Å². The van der Waals surface area contributed by atoms with Crippen LogP contribution in [0.1, 0.15) is 28.8 Å². The van der Waals surface area contributed by atoms with E-state index in [0.29, 0.717) is 36.8 Å². The van der Waals surface area contributed by atoms with Gasteiger partial charge in [-0.05, 0) is 24.5 Å². The number of aliphatic hydroxyl groups is 1. The van der Waals surface area contributed by atoms with Gasteiger partial charge in [0.25, 0.3) is 0 Å². The maximum atomic E-state index is 11.1. The van der Waals surface area contributed by atoms with Gasteiger partial charge >= 0.3 is 5.97 Å². The van der Waals surface area contributed by atoms with Gasteiger partial charge in [-0.1, -0.05) is 24.3 Å². The molecule has 5 nitrogen and oxygen atoms in total. The molecular weight excluding hydrogens is 246 g/mol. The first kappa shape index (κ1) is 14.9. The van der Waals surface area contributed by atoms with Crippen molar-refractivity contribution in [1.29, 1.82) is 0 Å². The molecule has 0 saturated carbocycles. The second-order valence-corrected chi connectivity index (χ2v) is 3.97. The number of unbranched alkanes of at least 4 members (excludes halogenated alkanes) is 1. The Morgan fingerprint density at radius 2 is 1.89 bits per heavy atom. The summed E-state index contributed by atoms with van der Waals surface area (Å²) in [5, 5.41) is 20.5. The topological polar surface area (TPSA) is 86.6 Å². The minimum absolute atomic E-state index is 0.0345. The number of carboxylic acids is 1. The molecule has 0 saturated heterocycles. The van der Waals surface area contributed by atoms with Gasteiger partial charge in [-0.15, -0.1) is 0 Å². The van der Waals surface area contributed by atoms with Crippen molar-refractivity contribution in [2.24, 2.45) is 0 Å². The van der Waals surface area contributed by atoms with Gasteiger partial charge in [-0.3, -0.25) is 4.79 Å². The van der Waals surface area contributed by atoms with E-state index in [2.05, 4.69) is 5.32 Å². The number of aliphatic carboxylic acids is 1. The molecule has 0 radical (unpaired) electrons. The second kappa shape index (κ2) is 8.05. The lowest BCUT2D eigenvalue weighted by molar-refractivity contribution is -0.133. The zero-order valence-corrected chi connectivity index (χ0v) is 10.5. The summed E-state index contributed by atoms with van der Waals surface area (Å²) >= 11 is 0. The number of benzene rings is 1. The maximum Gasteiger partial charge on any atom is 0.351 e. The fraction of sp³-hybridized carbons (Fsp3) is 0.286. The van der Waals surface area contributed by atoms with Gasteiger partial charge in [0.1, 0.15) is 5.70 Å². The van der Waals surface area contributed by atoms with Crippen molar-refractivity contribution in [3.8, 4) is 0 Å². The summed E-state index contributed by atoms with van der Waals surface area (Å²) < 4.78 is 0. The van der Waals surface area contributed by atoms with Crippen LogP contribution in [-0.4, -0.2) is 35.6 Å². The van der Waals surface area contributed by atoms with Crippen LogP contribution < -0.4 is 5.32 Å². The van der Waals surface area contributed by atoms with Gasteiger partial charge in [0, 0.05) is 18.7 Å². The number of aliphatic hydroxyl groups excluding tert-OH is 1. The third-order valence-electron chi connectivity index (χ3n) is 2.55. The Labute approximate surface area is 111 Å². The zero-order chi connectivity index (χ0) is 14.1. The van der Waals surface area contributed by atoms with E-state index < -0.39 is 5.97 Å². The average Bonchev–Trinajstić information content (AvgIpc) is 2.42. The molecule has 1 aromatic rings. The van der Waals surface area contributed by atoms with E-state index in [-0.39, 0.29) is 12.3 Å². The van der Waals surface area contributed by atoms with Crippen LogP contribution in [0, 0.1) is 0 Å². The molecule has 5 heteroatoms. The molecular formula is C14H17NO4. The highest BCUT2D eigenvalue weighted by molar-refractivity contribution is 5.93. The van der Waals surface area contributed by atoms with Gasteiger partial charge < -0.3 is 15.5 Å². The Kier molecular flexibility index (Phi) is 6.32. The van der Waals surface area contributed by atoms with Crippen molar-refractivity contribution in [2.45, 2.75) is 12.8 Å². The van der Waals surface area contributed by atoms with E-state index in [4.69, 9.17) is 10.2 Å². The first-order valence-corrected chi connectivity index (χ1v) is 6.03. The molecule has 19 heavy (non-hydrogen) atoms. The predicted molar refractivity (Wildman–Crippen MR) is 71.8 cm³/mol. The van der Waals surface area contributed by atoms with Gasteiger partial charge in [0.2, 0.25) is 0 Å². The highest BCUT2D eigenvalue weighted by Gasteiger charge is 2.07. The summed E-state index contributed by atoms with van der Waals surface area (Å²) in [6, 6.07) is 6.77. The molecule has 0 atom stereocenters. The van der Waals surface area contributed by atoms with Crippen molar-refractivity contribution in [3.63, 3.8) is 0 Å². The molecule has 0 aromatic heterocycles. The highest BCUT2D eigenvalue weighted by Crippen LogP contribution is 2.10. The van der Waals surface area contributed by atoms with Crippen LogP contribution in [0.5, 0.6) is 0 Å². The molecule has 0 aliphatic carbocycles. The lowest BCUT2D eigenvalue weighted by Gasteiger charge is -2.07. The molecule has 3 N–H and O–H groups in total. The molecule has 0 aliphatic heterocycles. The minimum atomic E-state index is -1.08. The van der Waals surface area contributed by atoms with Crippen LogP contribution in [0.4, 0.5) is 0 Å². The highest BCUT2D eigenvalue weighted by atomic mass is 16.4. The van der Waals surface area contributed by atoms with E-state index in [1.54, 1.807) is 24.3 Å². The van der Waals surface area contributed by atoms with Crippen LogP contribution in [0.3, 0.4) is 0 Å². The second-order valence-electron chi connectivity index (χ2n) is 3.97. The molecule has 0 aliphatic rings. The lowest BCUT2D eigenvalue weighted by Crippen LogP contribution is -2.21. The molecule has 0 amide bonds. The van der Waals surface area contributed by atoms with E-state index in [1.165, 1.54) is 6.08 Å². The fourth-order valence-corrected chi connectivity index (χ4v) is 1.55. The average molecular weight is 263 g/mol. The number of nitrogens with one attached hydrogen (secondary N) is 1. The smallest absolute Gasteiger partial charge is 0.351 e. The number of hydrogen-bond acceptors (Lipinski definition) is 4. The van der Waals surface area contributed by atoms with Crippen molar-refractivity contribution in [1.82, 2.24) is 5.32 Å². The summed E-state index contributed by atoms with van der Waals surface area (Å²) in [5.41, 5.74) is 1.04. The Morgan fingerprint density at radius 1 is 1.21 bits per heavy atom. The zero-order valence-electron chi connectivity index (χ0n) is 10.5. The third kappa shape index (κ3) is 4.93. The number of carboxylic acid groups (broad SMARTS) is 1. The van der Waals surface area contributed by atoms with E-state index in [9.17, 15) is 9.59 Å². The third-order valence-corrected chi connectivity index (χ3v) is 2.55. The van der Waals surface area contributed by atoms with E-state index in [0.717, 1.165) is 0 Å². The van der Waals surface area contributed by atoms with Gasteiger partial charge in [0.05, 0.1) is 0 Å². The SMILES string of the molecule is O=Cc1ccccc1C=C(NCCCCO)C(=O)O. The molecule has 102 valence electrons. The van der Waals surface area contributed by atoms with Crippen molar-refractivity contribution >= 4 is 18.3 Å². The van der Waals surface area contributed by atoms with Crippen molar-refractivity contribution < 1.29 is 19.8 Å². The molecule has 0 fully saturated rings. The Balaban J connectivity index is 2.82. The van der Waals surface area contributed by atoms with Crippen molar-refractivity contribution in [2.75, 3.05) is 13.2 Å². The molecule has 1 aromatic carbocycles. The predicted octanol–water partition coefficient (Wildman–Crippen LogP) is 1.29. The quantitative estimate of drug-likeness (QED) is 0.374. The summed E-state index contributed by atoms with van der Waals surface area (Å²) in [7, 11) is 0. The Hall–Kier alpha value is -2.14. The van der Waals surface area contributed by atoms with Crippen LogP contribution in [0.25, 0.3) is 6.08 Å². The largest absolute Gasteiger partial charge is 0.477 e. The molecule has 0 bridgehead atoms. The molecule has 0 spiro atoms. The number of hydrogen-bond donors (Lipinski definition) is 3. The van der Waals surface area contributed by atoms with Crippen molar-refractivity contribution in [3.05, 3.63) is 41.1 Å². The molecule has 1 rings (SSSR count). The van der Waals surface area contributed by atoms with Crippen LogP contribution in [-0.2, 0) is 4.79 Å². The number of carbonyl (C=O) groups excluding carboxylic acids is 1. The Bertz CT molecular complexity index is 468. The van der Waals surface area contributed by atoms with Gasteiger partial charge in [-0.2, -0.15) is 0 Å². The van der Waals surface area contributed by atoms with Gasteiger partial charge in [0.15, 0.2) is 6.29 Å². The van der Waals surface area contributed by atoms with Crippen LogP contribution >= 0.6 is 0 Å². The standard InChI is InChI=1S/C14H17NO4/c16-8-4-3-7-15-13(14(18)19)9-11-5-1-2-6-12(11)10-17/h1-2,5-6,9-10,15-16H,3-4,7-8H2,(H,18,19). The number of aldehydes is 1. The van der Waals surface area contributed by atoms with E-state index >= 15 is 0 Å². The maximum absolute atomic E-state index is 11.1. The lowest BCUT2D eigenvalue weighted by atomic mass is 10.1. The normalized spacial score (nSPS) is 11.1. The fourth-order valence-electron chi connectivity index (χ4n) is 1.55. The molecule has 0 unspecified atom stereocenters. The first-order valence-electron chi connectivity index (χ1n) is 6.03. The van der Waals surface area contributed by atoms with E-state index in [1.807, 2.05) is 0 Å².